The zero-order valence-corrected chi connectivity index (χ0v) is 23.2. The van der Waals surface area contributed by atoms with Gasteiger partial charge in [-0.15, -0.1) is 0 Å². The summed E-state index contributed by atoms with van der Waals surface area (Å²) < 4.78 is 28.7. The summed E-state index contributed by atoms with van der Waals surface area (Å²) in [5.41, 5.74) is 5.13. The van der Waals surface area contributed by atoms with Crippen LogP contribution in [0.3, 0.4) is 0 Å². The second kappa shape index (κ2) is 10.2. The maximum atomic E-state index is 15.7. The number of para-hydroxylation sites is 3. The largest absolute Gasteiger partial charge is 0.497 e. The lowest BCUT2D eigenvalue weighted by molar-refractivity contribution is 0.405. The van der Waals surface area contributed by atoms with Crippen molar-refractivity contribution in [3.8, 4) is 17.2 Å². The van der Waals surface area contributed by atoms with E-state index in [0.29, 0.717) is 40.2 Å². The van der Waals surface area contributed by atoms with Crippen molar-refractivity contribution in [3.63, 3.8) is 0 Å². The molecule has 1 aromatic heterocycles. The summed E-state index contributed by atoms with van der Waals surface area (Å²) in [5, 5.41) is 8.35. The number of methoxy groups -OCH3 is 2. The van der Waals surface area contributed by atoms with Crippen molar-refractivity contribution in [1.82, 2.24) is 9.78 Å². The van der Waals surface area contributed by atoms with Crippen LogP contribution in [-0.4, -0.2) is 35.7 Å². The number of aliphatic imine (C=N–C) groups is 2. The third kappa shape index (κ3) is 4.09. The SMILES string of the molecule is COc1ccc(OC)c(NC2=Nc3ccccc3N3C2=Nc2c(c(C)nn2-c2ccccc2)[C@@H]3c2ccccc2F)c1. The molecule has 0 saturated heterocycles. The van der Waals surface area contributed by atoms with Crippen LogP contribution in [-0.2, 0) is 0 Å². The number of hydrogen-bond acceptors (Lipinski definition) is 7. The van der Waals surface area contributed by atoms with Gasteiger partial charge in [-0.3, -0.25) is 0 Å². The topological polar surface area (TPSA) is 76.3 Å². The molecule has 0 aliphatic carbocycles. The molecule has 0 bridgehead atoms. The minimum Gasteiger partial charge on any atom is -0.497 e. The highest BCUT2D eigenvalue weighted by atomic mass is 19.1. The van der Waals surface area contributed by atoms with Gasteiger partial charge in [-0.25, -0.2) is 19.1 Å². The molecular formula is C33H27FN6O2. The summed E-state index contributed by atoms with van der Waals surface area (Å²) in [5.74, 6) is 2.57. The van der Waals surface area contributed by atoms with Gasteiger partial charge >= 0.3 is 0 Å². The van der Waals surface area contributed by atoms with Gasteiger partial charge in [0.05, 0.1) is 48.7 Å². The van der Waals surface area contributed by atoms with Crippen LogP contribution >= 0.6 is 0 Å². The molecule has 7 rings (SSSR count). The first kappa shape index (κ1) is 25.5. The molecule has 4 aromatic carbocycles. The van der Waals surface area contributed by atoms with E-state index in [4.69, 9.17) is 24.6 Å². The number of fused-ring (bicyclic) bond motifs is 4. The Balaban J connectivity index is 1.50. The number of ether oxygens (including phenoxy) is 2. The maximum Gasteiger partial charge on any atom is 0.179 e. The minimum atomic E-state index is -0.563. The molecular weight excluding hydrogens is 531 g/mol. The molecule has 5 aromatic rings. The second-order valence-electron chi connectivity index (χ2n) is 9.94. The molecule has 8 nitrogen and oxygen atoms in total. The fourth-order valence-electron chi connectivity index (χ4n) is 5.58. The molecule has 0 unspecified atom stereocenters. The van der Waals surface area contributed by atoms with Crippen molar-refractivity contribution in [2.75, 3.05) is 24.4 Å². The molecule has 1 atom stereocenters. The van der Waals surface area contributed by atoms with Crippen LogP contribution in [0.15, 0.2) is 107 Å². The van der Waals surface area contributed by atoms with Gasteiger partial charge in [0, 0.05) is 17.2 Å². The standard InChI is InChI=1S/C33H27FN6O2/c1-20-29-30(23-13-7-8-14-24(23)34)39-27-16-10-9-15-25(27)35-31(36-26-19-22(41-2)17-18-28(26)42-3)33(39)37-32(29)40(38-20)21-11-5-4-6-12-21/h4-19,30H,1-3H3,(H,35,36)/t30-/m0/s1. The van der Waals surface area contributed by atoms with Crippen molar-refractivity contribution in [2.45, 2.75) is 13.0 Å². The molecule has 2 aliphatic heterocycles. The number of aromatic nitrogens is 2. The molecule has 0 saturated carbocycles. The van der Waals surface area contributed by atoms with Crippen molar-refractivity contribution in [3.05, 3.63) is 120 Å². The summed E-state index contributed by atoms with van der Waals surface area (Å²) in [6.07, 6.45) is 0. The van der Waals surface area contributed by atoms with E-state index in [2.05, 4.69) is 5.32 Å². The number of benzene rings is 4. The Hall–Kier alpha value is -5.44. The average molecular weight is 559 g/mol. The van der Waals surface area contributed by atoms with Gasteiger partial charge in [-0.1, -0.05) is 48.5 Å². The molecule has 3 heterocycles. The van der Waals surface area contributed by atoms with Crippen LogP contribution < -0.4 is 19.7 Å². The third-order valence-corrected chi connectivity index (χ3v) is 7.50. The predicted molar refractivity (Wildman–Crippen MR) is 163 cm³/mol. The smallest absolute Gasteiger partial charge is 0.179 e. The number of nitrogens with one attached hydrogen (secondary N) is 1. The minimum absolute atomic E-state index is 0.314. The third-order valence-electron chi connectivity index (χ3n) is 7.50. The zero-order chi connectivity index (χ0) is 28.8. The molecule has 0 fully saturated rings. The molecule has 0 amide bonds. The van der Waals surface area contributed by atoms with Gasteiger partial charge in [-0.05, 0) is 49.4 Å². The number of amidine groups is 2. The van der Waals surface area contributed by atoms with Gasteiger partial charge in [0.1, 0.15) is 17.3 Å². The van der Waals surface area contributed by atoms with E-state index in [9.17, 15) is 0 Å². The summed E-state index contributed by atoms with van der Waals surface area (Å²) in [6, 6.07) is 29.4. The van der Waals surface area contributed by atoms with Gasteiger partial charge in [0.25, 0.3) is 0 Å². The summed E-state index contributed by atoms with van der Waals surface area (Å²) in [6.45, 7) is 1.94. The summed E-state index contributed by atoms with van der Waals surface area (Å²) in [4.78, 5) is 12.2. The zero-order valence-electron chi connectivity index (χ0n) is 23.2. The highest BCUT2D eigenvalue weighted by Gasteiger charge is 2.42. The Morgan fingerprint density at radius 3 is 2.38 bits per heavy atom. The van der Waals surface area contributed by atoms with E-state index in [1.807, 2.05) is 101 Å². The number of halogens is 1. The first-order valence-electron chi connectivity index (χ1n) is 13.5. The van der Waals surface area contributed by atoms with Crippen molar-refractivity contribution in [1.29, 1.82) is 0 Å². The monoisotopic (exact) mass is 558 g/mol. The molecule has 208 valence electrons. The van der Waals surface area contributed by atoms with Gasteiger partial charge < -0.3 is 19.7 Å². The van der Waals surface area contributed by atoms with Crippen LogP contribution in [0.2, 0.25) is 0 Å². The van der Waals surface area contributed by atoms with E-state index in [1.165, 1.54) is 6.07 Å². The van der Waals surface area contributed by atoms with E-state index >= 15 is 4.39 Å². The first-order chi connectivity index (χ1) is 20.6. The van der Waals surface area contributed by atoms with Crippen molar-refractivity contribution < 1.29 is 13.9 Å². The first-order valence-corrected chi connectivity index (χ1v) is 13.5. The van der Waals surface area contributed by atoms with Crippen LogP contribution in [0.5, 0.6) is 11.5 Å². The van der Waals surface area contributed by atoms with Crippen molar-refractivity contribution >= 4 is 34.6 Å². The lowest BCUT2D eigenvalue weighted by Crippen LogP contribution is -2.46. The Morgan fingerprint density at radius 2 is 1.60 bits per heavy atom. The molecule has 1 N–H and O–H groups in total. The van der Waals surface area contributed by atoms with Gasteiger partial charge in [0.2, 0.25) is 0 Å². The fraction of sp³-hybridized carbons (Fsp3) is 0.121. The second-order valence-corrected chi connectivity index (χ2v) is 9.94. The molecule has 0 radical (unpaired) electrons. The van der Waals surface area contributed by atoms with Crippen LogP contribution in [0.4, 0.5) is 27.3 Å². The average Bonchev–Trinajstić information content (AvgIpc) is 3.36. The van der Waals surface area contributed by atoms with E-state index in [1.54, 1.807) is 20.3 Å². The molecule has 0 spiro atoms. The maximum absolute atomic E-state index is 15.7. The summed E-state index contributed by atoms with van der Waals surface area (Å²) in [7, 11) is 3.22. The number of anilines is 2. The quantitative estimate of drug-likeness (QED) is 0.248. The Labute approximate surface area is 242 Å². The number of hydrogen-bond donors (Lipinski definition) is 1. The lowest BCUT2D eigenvalue weighted by atomic mass is 9.93. The Bertz CT molecular complexity index is 1880. The number of rotatable bonds is 5. The van der Waals surface area contributed by atoms with Crippen LogP contribution in [0.1, 0.15) is 22.9 Å². The normalized spacial score (nSPS) is 15.1. The predicted octanol–water partition coefficient (Wildman–Crippen LogP) is 7.13. The van der Waals surface area contributed by atoms with E-state index in [0.717, 1.165) is 28.3 Å². The highest BCUT2D eigenvalue weighted by Crippen LogP contribution is 2.48. The van der Waals surface area contributed by atoms with Gasteiger partial charge in [-0.2, -0.15) is 5.10 Å². The van der Waals surface area contributed by atoms with Crippen LogP contribution in [0.25, 0.3) is 5.69 Å². The van der Waals surface area contributed by atoms with Gasteiger partial charge in [0.15, 0.2) is 17.5 Å². The van der Waals surface area contributed by atoms with Crippen LogP contribution in [0, 0.1) is 12.7 Å². The molecule has 2 aliphatic rings. The highest BCUT2D eigenvalue weighted by molar-refractivity contribution is 6.51. The van der Waals surface area contributed by atoms with Crippen molar-refractivity contribution in [2.24, 2.45) is 9.98 Å². The van der Waals surface area contributed by atoms with E-state index < -0.39 is 6.04 Å². The van der Waals surface area contributed by atoms with E-state index in [-0.39, 0.29) is 5.82 Å². The molecule has 42 heavy (non-hydrogen) atoms. The lowest BCUT2D eigenvalue weighted by Gasteiger charge is -2.40. The Morgan fingerprint density at radius 1 is 0.833 bits per heavy atom. The Kier molecular flexibility index (Phi) is 6.19. The fourth-order valence-corrected chi connectivity index (χ4v) is 5.58. The summed E-state index contributed by atoms with van der Waals surface area (Å²) >= 11 is 0. The molecule has 9 heteroatoms. The number of nitrogens with zero attached hydrogens (tertiary/aromatic N) is 5. The number of aryl methyl sites for hydroxylation is 1.